The van der Waals surface area contributed by atoms with E-state index in [0.29, 0.717) is 28.3 Å². The summed E-state index contributed by atoms with van der Waals surface area (Å²) in [4.78, 5) is 21.4. The molecule has 0 spiro atoms. The van der Waals surface area contributed by atoms with Crippen molar-refractivity contribution in [2.24, 2.45) is 0 Å². The van der Waals surface area contributed by atoms with Crippen LogP contribution in [0.3, 0.4) is 0 Å². The van der Waals surface area contributed by atoms with Crippen LogP contribution in [-0.2, 0) is 0 Å². The maximum atomic E-state index is 10.9. The van der Waals surface area contributed by atoms with Crippen LogP contribution in [0.15, 0.2) is 218 Å². The molecule has 0 bridgehead atoms. The van der Waals surface area contributed by atoms with Gasteiger partial charge in [0.05, 0.1) is 51.1 Å². The average Bonchev–Trinajstić information content (AvgIpc) is 3.70. The molecule has 0 N–H and O–H groups in total. The van der Waals surface area contributed by atoms with Crippen LogP contribution in [0.1, 0.15) is 5.56 Å². The molecule has 0 radical (unpaired) electrons. The molecule has 3 aromatic heterocycles. The van der Waals surface area contributed by atoms with Crippen LogP contribution >= 0.6 is 0 Å². The quantitative estimate of drug-likeness (QED) is 0.153. The Balaban J connectivity index is 1.30. The third kappa shape index (κ3) is 7.00. The first-order chi connectivity index (χ1) is 31.2. The Morgan fingerprint density at radius 2 is 0.714 bits per heavy atom. The topological polar surface area (TPSA) is 80.3 Å². The lowest BCUT2D eigenvalue weighted by Crippen LogP contribution is -2.06. The van der Waals surface area contributed by atoms with E-state index in [1.165, 1.54) is 0 Å². The first kappa shape index (κ1) is 37.2. The molecule has 0 fully saturated rings. The van der Waals surface area contributed by atoms with Gasteiger partial charge in [0.25, 0.3) is 0 Å². The number of rotatable bonds is 8. The second-order valence-electron chi connectivity index (χ2n) is 15.4. The van der Waals surface area contributed by atoms with Gasteiger partial charge in [0.1, 0.15) is 0 Å². The highest BCUT2D eigenvalue weighted by Crippen LogP contribution is 2.43. The number of para-hydroxylation sites is 1. The molecule has 0 saturated carbocycles. The summed E-state index contributed by atoms with van der Waals surface area (Å²) in [6.07, 6.45) is 0. The van der Waals surface area contributed by atoms with Crippen molar-refractivity contribution in [2.45, 2.75) is 0 Å². The van der Waals surface area contributed by atoms with Crippen LogP contribution in [-0.4, -0.2) is 24.5 Å². The predicted octanol–water partition coefficient (Wildman–Crippen LogP) is 13.9. The molecule has 0 atom stereocenters. The molecule has 63 heavy (non-hydrogen) atoms. The number of aromatic nitrogens is 5. The van der Waals surface area contributed by atoms with Gasteiger partial charge >= 0.3 is 0 Å². The third-order valence-corrected chi connectivity index (χ3v) is 11.5. The van der Waals surface area contributed by atoms with Crippen molar-refractivity contribution in [3.05, 3.63) is 224 Å². The van der Waals surface area contributed by atoms with Crippen LogP contribution < -0.4 is 0 Å². The van der Waals surface area contributed by atoms with Crippen molar-refractivity contribution in [2.75, 3.05) is 0 Å². The lowest BCUT2D eigenvalue weighted by Gasteiger charge is -2.20. The van der Waals surface area contributed by atoms with Gasteiger partial charge in [-0.3, -0.25) is 0 Å². The van der Waals surface area contributed by atoms with Crippen molar-refractivity contribution in [1.29, 1.82) is 5.26 Å². The van der Waals surface area contributed by atoms with E-state index in [2.05, 4.69) is 126 Å². The molecule has 294 valence electrons. The van der Waals surface area contributed by atoms with Crippen LogP contribution in [0.4, 0.5) is 0 Å². The van der Waals surface area contributed by atoms with Crippen LogP contribution in [0.25, 0.3) is 106 Å². The molecular weight excluding hydrogens is 769 g/mol. The summed E-state index contributed by atoms with van der Waals surface area (Å²) >= 11 is 0. The predicted molar refractivity (Wildman–Crippen MR) is 255 cm³/mol. The minimum atomic E-state index is 0.430. The van der Waals surface area contributed by atoms with Gasteiger partial charge in [0, 0.05) is 44.2 Å². The summed E-state index contributed by atoms with van der Waals surface area (Å²) in [6, 6.07) is 76.6. The van der Waals surface area contributed by atoms with E-state index in [-0.39, 0.29) is 0 Å². The van der Waals surface area contributed by atoms with Gasteiger partial charge < -0.3 is 4.57 Å². The highest BCUT2D eigenvalue weighted by molar-refractivity contribution is 6.11. The van der Waals surface area contributed by atoms with E-state index < -0.39 is 0 Å². The molecule has 11 rings (SSSR count). The molecule has 0 aliphatic carbocycles. The zero-order chi connectivity index (χ0) is 42.1. The highest BCUT2D eigenvalue weighted by Gasteiger charge is 2.26. The summed E-state index contributed by atoms with van der Waals surface area (Å²) in [5.41, 5.74) is 13.5. The Kier molecular flexibility index (Phi) is 9.45. The molecule has 0 amide bonds. The smallest absolute Gasteiger partial charge is 0.162 e. The molecule has 6 nitrogen and oxygen atoms in total. The minimum absolute atomic E-state index is 0.430. The van der Waals surface area contributed by atoms with E-state index in [1.807, 2.05) is 103 Å². The summed E-state index contributed by atoms with van der Waals surface area (Å²) in [5, 5.41) is 13.1. The molecule has 0 saturated heterocycles. The van der Waals surface area contributed by atoms with Crippen molar-refractivity contribution in [1.82, 2.24) is 24.5 Å². The van der Waals surface area contributed by atoms with Crippen molar-refractivity contribution >= 4 is 21.8 Å². The van der Waals surface area contributed by atoms with Gasteiger partial charge in [-0.05, 0) is 47.5 Å². The summed E-state index contributed by atoms with van der Waals surface area (Å²) < 4.78 is 2.30. The molecule has 11 aromatic rings. The van der Waals surface area contributed by atoms with Crippen molar-refractivity contribution in [3.8, 4) is 90.7 Å². The Labute approximate surface area is 364 Å². The second-order valence-corrected chi connectivity index (χ2v) is 15.4. The maximum absolute atomic E-state index is 10.9. The number of benzene rings is 8. The first-order valence-corrected chi connectivity index (χ1v) is 20.9. The fourth-order valence-corrected chi connectivity index (χ4v) is 8.47. The van der Waals surface area contributed by atoms with E-state index >= 15 is 0 Å². The zero-order valence-corrected chi connectivity index (χ0v) is 34.0. The summed E-state index contributed by atoms with van der Waals surface area (Å²) in [6.45, 7) is 0. The molecule has 0 aliphatic heterocycles. The standard InChI is InChI=1S/C57H36N6/c58-37-38-32-47(56-59-49(40-20-8-2-9-21-40)35-50(60-56)41-22-10-3-11-23-41)55(63-53-29-17-16-28-45(53)46-31-30-44(34-54(46)63)39-18-6-1-7-19-39)48(33-38)57-61-51(42-24-12-4-13-25-42)36-52(62-57)43-26-14-5-15-27-43/h1-36H. The van der Waals surface area contributed by atoms with Gasteiger partial charge in [-0.25, -0.2) is 19.9 Å². The fourth-order valence-electron chi connectivity index (χ4n) is 8.47. The zero-order valence-electron chi connectivity index (χ0n) is 34.0. The number of nitriles is 1. The average molecular weight is 805 g/mol. The number of hydrogen-bond acceptors (Lipinski definition) is 5. The van der Waals surface area contributed by atoms with Crippen LogP contribution in [0.5, 0.6) is 0 Å². The monoisotopic (exact) mass is 804 g/mol. The van der Waals surface area contributed by atoms with E-state index in [9.17, 15) is 5.26 Å². The van der Waals surface area contributed by atoms with Gasteiger partial charge in [0.2, 0.25) is 0 Å². The number of fused-ring (bicyclic) bond motifs is 3. The minimum Gasteiger partial charge on any atom is -0.308 e. The molecule has 6 heteroatoms. The van der Waals surface area contributed by atoms with Crippen molar-refractivity contribution in [3.63, 3.8) is 0 Å². The third-order valence-electron chi connectivity index (χ3n) is 11.5. The Bertz CT molecular complexity index is 3220. The van der Waals surface area contributed by atoms with Gasteiger partial charge in [-0.1, -0.05) is 182 Å². The van der Waals surface area contributed by atoms with Gasteiger partial charge in [0.15, 0.2) is 11.6 Å². The molecular formula is C57H36N6. The first-order valence-electron chi connectivity index (χ1n) is 20.9. The number of nitrogens with zero attached hydrogens (tertiary/aromatic N) is 6. The normalized spacial score (nSPS) is 11.2. The van der Waals surface area contributed by atoms with E-state index in [4.69, 9.17) is 19.9 Å². The summed E-state index contributed by atoms with van der Waals surface area (Å²) in [5.74, 6) is 0.937. The largest absolute Gasteiger partial charge is 0.308 e. The second kappa shape index (κ2) is 16.0. The molecule has 8 aromatic carbocycles. The van der Waals surface area contributed by atoms with Gasteiger partial charge in [-0.15, -0.1) is 0 Å². The van der Waals surface area contributed by atoms with Crippen LogP contribution in [0, 0.1) is 11.3 Å². The fraction of sp³-hybridized carbons (Fsp3) is 0. The van der Waals surface area contributed by atoms with Crippen LogP contribution in [0.2, 0.25) is 0 Å². The maximum Gasteiger partial charge on any atom is 0.162 e. The lowest BCUT2D eigenvalue weighted by molar-refractivity contribution is 1.12. The van der Waals surface area contributed by atoms with E-state index in [0.717, 1.165) is 83.6 Å². The van der Waals surface area contributed by atoms with Gasteiger partial charge in [-0.2, -0.15) is 5.26 Å². The molecule has 3 heterocycles. The lowest BCUT2D eigenvalue weighted by atomic mass is 9.99. The van der Waals surface area contributed by atoms with Crippen molar-refractivity contribution < 1.29 is 0 Å². The SMILES string of the molecule is N#Cc1cc(-c2nc(-c3ccccc3)cc(-c3ccccc3)n2)c(-n2c3ccccc3c3ccc(-c4ccccc4)cc32)c(-c2nc(-c3ccccc3)cc(-c3ccccc3)n2)c1. The highest BCUT2D eigenvalue weighted by atomic mass is 15.0. The Morgan fingerprint density at radius 3 is 1.14 bits per heavy atom. The number of hydrogen-bond donors (Lipinski definition) is 0. The Morgan fingerprint density at radius 1 is 0.333 bits per heavy atom. The molecule has 0 aliphatic rings. The molecule has 0 unspecified atom stereocenters. The van der Waals surface area contributed by atoms with E-state index in [1.54, 1.807) is 0 Å². The Hall–Kier alpha value is -8.79. The summed E-state index contributed by atoms with van der Waals surface area (Å²) in [7, 11) is 0.